The lowest BCUT2D eigenvalue weighted by molar-refractivity contribution is -0.214. The molecular weight excluding hydrogens is 1230 g/mol. The maximum Gasteiger partial charge on any atom is 0.317 e. The summed E-state index contributed by atoms with van der Waals surface area (Å²) in [6.45, 7) is 20.1. The van der Waals surface area contributed by atoms with Crippen LogP contribution < -0.4 is 23.7 Å². The Bertz CT molecular complexity index is 3770. The fourth-order valence-corrected chi connectivity index (χ4v) is 14.0. The summed E-state index contributed by atoms with van der Waals surface area (Å²) in [7, 11) is 8.42. The van der Waals surface area contributed by atoms with Crippen LogP contribution in [-0.2, 0) is 71.0 Å². The van der Waals surface area contributed by atoms with Gasteiger partial charge in [0.25, 0.3) is 0 Å². The molecule has 0 heterocycles. The number of para-hydroxylation sites is 2. The van der Waals surface area contributed by atoms with Crippen molar-refractivity contribution in [3.8, 4) is 51.4 Å². The maximum atomic E-state index is 13.4. The second-order valence-electron chi connectivity index (χ2n) is 27.5. The van der Waals surface area contributed by atoms with Crippen LogP contribution in [0.4, 0.5) is 0 Å². The van der Waals surface area contributed by atoms with E-state index in [-0.39, 0.29) is 19.4 Å². The Morgan fingerprint density at radius 3 is 1.58 bits per heavy atom. The van der Waals surface area contributed by atoms with E-state index in [2.05, 4.69) is 113 Å². The molecule has 4 atom stereocenters. The van der Waals surface area contributed by atoms with Crippen molar-refractivity contribution in [2.45, 2.75) is 171 Å². The number of hydrogen-bond donors (Lipinski definition) is 0. The third-order valence-corrected chi connectivity index (χ3v) is 19.5. The Kier molecular flexibility index (Phi) is 27.5. The molecule has 0 saturated heterocycles. The molecule has 98 heavy (non-hydrogen) atoms. The average Bonchev–Trinajstić information content (AvgIpc) is 0.717. The first-order chi connectivity index (χ1) is 46.9. The molecule has 13 heteroatoms. The van der Waals surface area contributed by atoms with E-state index in [9.17, 15) is 9.59 Å². The molecule has 8 aromatic rings. The standard InChI is InChI=1S/C31H34O4.C28H34O4.C25H34O5.CH4/c1-6-22(3)23-11-12-25-18-28(14-13-24(25)17-23)34-29-9-7-8-10-30(29)35-31-26(19-32-4)15-21(2)16-27(31)20-33-5;1-5-21(2)22-11-13-27(14-12-22)31-15-16-32-28-25(19-29-3)17-24(18-26(28)20-30-4)23-9-7-6-8-10-23;1-5-23(2,3)21(26)30-25-13-18-10-19(14-25)12-24(11-18,16-25)22(27)29-20-8-6-17(7-9-20)15-28-4;/h7-18,22H,6,19-20H2,1-5H3;6-14,17-18,21H,5,15-16,19-20H2,1-4H3;6-9,18-19H,5,10-16H2,1-4H3;1H4. The van der Waals surface area contributed by atoms with E-state index < -0.39 is 16.4 Å². The summed E-state index contributed by atoms with van der Waals surface area (Å²) in [5.74, 6) is 6.70. The van der Waals surface area contributed by atoms with Crippen molar-refractivity contribution in [2.75, 3.05) is 48.8 Å². The van der Waals surface area contributed by atoms with Crippen LogP contribution in [0.2, 0.25) is 0 Å². The normalized spacial score (nSPS) is 18.0. The Morgan fingerprint density at radius 2 is 1.01 bits per heavy atom. The number of esters is 2. The molecule has 12 rings (SSSR count). The minimum absolute atomic E-state index is 0. The first kappa shape index (κ1) is 75.7. The van der Waals surface area contributed by atoms with Crippen LogP contribution in [0.1, 0.15) is 170 Å². The van der Waals surface area contributed by atoms with E-state index in [1.54, 1.807) is 35.5 Å². The monoisotopic (exact) mass is 1330 g/mol. The summed E-state index contributed by atoms with van der Waals surface area (Å²) < 4.78 is 63.9. The minimum atomic E-state index is -0.536. The Labute approximate surface area is 583 Å². The summed E-state index contributed by atoms with van der Waals surface area (Å²) in [6, 6.07) is 55.1. The molecule has 8 aromatic carbocycles. The van der Waals surface area contributed by atoms with E-state index >= 15 is 0 Å². The van der Waals surface area contributed by atoms with Crippen molar-refractivity contribution in [2.24, 2.45) is 22.7 Å². The number of aryl methyl sites for hydroxylation is 1. The molecule has 4 fully saturated rings. The largest absolute Gasteiger partial charge is 0.490 e. The molecule has 0 aromatic heterocycles. The molecule has 4 aliphatic rings. The van der Waals surface area contributed by atoms with E-state index in [0.717, 1.165) is 124 Å². The van der Waals surface area contributed by atoms with Gasteiger partial charge in [-0.2, -0.15) is 0 Å². The van der Waals surface area contributed by atoms with E-state index in [0.29, 0.717) is 93.6 Å². The van der Waals surface area contributed by atoms with Gasteiger partial charge in [-0.1, -0.05) is 151 Å². The lowest BCUT2D eigenvalue weighted by Gasteiger charge is -2.60. The Morgan fingerprint density at radius 1 is 0.510 bits per heavy atom. The van der Waals surface area contributed by atoms with Gasteiger partial charge in [0.2, 0.25) is 0 Å². The SMILES string of the molecule is C.CCC(C)(C)C(=O)OC12CC3CC(C1)CC(C(=O)Oc1ccc(COC)cc1)(C3)C2.CCC(C)c1ccc(OCCOc2c(COC)cc(-c3ccccc3)cc2COC)cc1.CCC(C)c1ccc2cc(Oc3ccccc3Oc3c(COC)cc(C)cc3COC)ccc2c1. The van der Waals surface area contributed by atoms with Gasteiger partial charge < -0.3 is 52.1 Å². The van der Waals surface area contributed by atoms with Gasteiger partial charge >= 0.3 is 11.9 Å². The second kappa shape index (κ2) is 35.6. The molecule has 4 aliphatic carbocycles. The molecule has 13 nitrogen and oxygen atoms in total. The van der Waals surface area contributed by atoms with Gasteiger partial charge in [-0.25, -0.2) is 0 Å². The van der Waals surface area contributed by atoms with Crippen LogP contribution in [0, 0.1) is 29.6 Å². The number of fused-ring (bicyclic) bond motifs is 1. The summed E-state index contributed by atoms with van der Waals surface area (Å²) in [4.78, 5) is 26.3. The fraction of sp³-hybridized carbons (Fsp3) is 0.435. The molecule has 4 saturated carbocycles. The summed E-state index contributed by atoms with van der Waals surface area (Å²) in [5.41, 5.74) is 9.54. The summed E-state index contributed by atoms with van der Waals surface area (Å²) >= 11 is 0. The van der Waals surface area contributed by atoms with Crippen LogP contribution >= 0.6 is 0 Å². The van der Waals surface area contributed by atoms with Crippen molar-refractivity contribution in [1.29, 1.82) is 0 Å². The van der Waals surface area contributed by atoms with Gasteiger partial charge in [-0.3, -0.25) is 9.59 Å². The van der Waals surface area contributed by atoms with Gasteiger partial charge in [0, 0.05) is 64.2 Å². The van der Waals surface area contributed by atoms with Crippen LogP contribution in [0.5, 0.6) is 40.2 Å². The highest BCUT2D eigenvalue weighted by Crippen LogP contribution is 2.63. The third kappa shape index (κ3) is 19.4. The summed E-state index contributed by atoms with van der Waals surface area (Å²) in [6.07, 6.45) is 8.19. The van der Waals surface area contributed by atoms with Crippen molar-refractivity contribution in [3.05, 3.63) is 208 Å². The lowest BCUT2D eigenvalue weighted by atomic mass is 9.48. The summed E-state index contributed by atoms with van der Waals surface area (Å²) in [5, 5.41) is 2.36. The molecule has 4 unspecified atom stereocenters. The van der Waals surface area contributed by atoms with Gasteiger partial charge in [0.1, 0.15) is 47.6 Å². The number of rotatable bonds is 29. The number of hydrogen-bond acceptors (Lipinski definition) is 13. The molecule has 0 aliphatic heterocycles. The van der Waals surface area contributed by atoms with Crippen LogP contribution in [-0.4, -0.2) is 66.3 Å². The first-order valence-corrected chi connectivity index (χ1v) is 34.5. The smallest absolute Gasteiger partial charge is 0.317 e. The van der Waals surface area contributed by atoms with Gasteiger partial charge in [-0.15, -0.1) is 0 Å². The topological polar surface area (TPSA) is 136 Å². The second-order valence-corrected chi connectivity index (χ2v) is 27.5. The number of carbonyl (C=O) groups excluding carboxylic acids is 2. The van der Waals surface area contributed by atoms with E-state index in [1.807, 2.05) is 106 Å². The molecule has 0 spiro atoms. The third-order valence-electron chi connectivity index (χ3n) is 19.5. The number of ether oxygens (including phenoxy) is 11. The predicted molar refractivity (Wildman–Crippen MR) is 391 cm³/mol. The van der Waals surface area contributed by atoms with E-state index in [4.69, 9.17) is 52.1 Å². The molecular formula is C85H106O13. The highest BCUT2D eigenvalue weighted by Gasteiger charge is 2.63. The molecule has 0 amide bonds. The molecule has 524 valence electrons. The van der Waals surface area contributed by atoms with Crippen LogP contribution in [0.3, 0.4) is 0 Å². The Hall–Kier alpha value is -8.04. The van der Waals surface area contributed by atoms with Crippen molar-refractivity contribution in [3.63, 3.8) is 0 Å². The predicted octanol–water partition coefficient (Wildman–Crippen LogP) is 20.8. The number of benzene rings is 8. The van der Waals surface area contributed by atoms with Crippen molar-refractivity contribution >= 4 is 22.7 Å². The zero-order valence-corrected chi connectivity index (χ0v) is 59.5. The minimum Gasteiger partial charge on any atom is -0.490 e. The molecule has 0 N–H and O–H groups in total. The lowest BCUT2D eigenvalue weighted by Crippen LogP contribution is -2.61. The van der Waals surface area contributed by atoms with Gasteiger partial charge in [-0.05, 0) is 195 Å². The van der Waals surface area contributed by atoms with Gasteiger partial charge in [0.15, 0.2) is 11.5 Å². The number of carbonyl (C=O) groups is 2. The first-order valence-electron chi connectivity index (χ1n) is 34.5. The zero-order valence-electron chi connectivity index (χ0n) is 59.5. The molecule has 0 radical (unpaired) electrons. The van der Waals surface area contributed by atoms with Crippen molar-refractivity contribution in [1.82, 2.24) is 0 Å². The average molecular weight is 1340 g/mol. The van der Waals surface area contributed by atoms with E-state index in [1.165, 1.54) is 16.5 Å². The van der Waals surface area contributed by atoms with Gasteiger partial charge in [0.05, 0.1) is 43.9 Å². The Balaban J connectivity index is 0.000000187. The highest BCUT2D eigenvalue weighted by molar-refractivity contribution is 5.85. The quantitative estimate of drug-likeness (QED) is 0.0250. The highest BCUT2D eigenvalue weighted by atomic mass is 16.6. The van der Waals surface area contributed by atoms with Crippen LogP contribution in [0.25, 0.3) is 21.9 Å². The number of methoxy groups -OCH3 is 5. The zero-order chi connectivity index (χ0) is 69.1. The fourth-order valence-electron chi connectivity index (χ4n) is 14.0. The maximum absolute atomic E-state index is 13.4. The van der Waals surface area contributed by atoms with Crippen LogP contribution in [0.15, 0.2) is 164 Å². The van der Waals surface area contributed by atoms with Crippen molar-refractivity contribution < 1.29 is 61.7 Å². The molecule has 4 bridgehead atoms.